The molecule has 23 heavy (non-hydrogen) atoms. The van der Waals surface area contributed by atoms with Crippen LogP contribution in [0.5, 0.6) is 0 Å². The summed E-state index contributed by atoms with van der Waals surface area (Å²) in [5.41, 5.74) is 3.08. The van der Waals surface area contributed by atoms with Gasteiger partial charge >= 0.3 is 0 Å². The lowest BCUT2D eigenvalue weighted by atomic mass is 9.92. The van der Waals surface area contributed by atoms with Crippen LogP contribution in [-0.2, 0) is 12.0 Å². The van der Waals surface area contributed by atoms with E-state index in [0.29, 0.717) is 0 Å². The maximum absolute atomic E-state index is 2.56. The third-order valence-corrected chi connectivity index (χ3v) is 4.81. The molecule has 1 aromatic heterocycles. The van der Waals surface area contributed by atoms with Crippen LogP contribution in [0.2, 0.25) is 0 Å². The molecule has 1 heteroatoms. The summed E-state index contributed by atoms with van der Waals surface area (Å²) in [6.07, 6.45) is 11.1. The van der Waals surface area contributed by atoms with Gasteiger partial charge in [0, 0.05) is 23.2 Å². The molecule has 0 aliphatic carbocycles. The number of aryl methyl sites for hydroxylation is 1. The van der Waals surface area contributed by atoms with Gasteiger partial charge in [-0.05, 0) is 23.9 Å². The second-order valence-electron chi connectivity index (χ2n) is 7.96. The van der Waals surface area contributed by atoms with Gasteiger partial charge in [-0.25, -0.2) is 0 Å². The van der Waals surface area contributed by atoms with E-state index in [1.54, 1.807) is 0 Å². The van der Waals surface area contributed by atoms with E-state index >= 15 is 0 Å². The smallest absolute Gasteiger partial charge is 0.0482 e. The topological polar surface area (TPSA) is 4.93 Å². The molecule has 1 nitrogen and oxygen atoms in total. The van der Waals surface area contributed by atoms with E-state index in [-0.39, 0.29) is 5.41 Å². The number of rotatable bonds is 9. The molecule has 0 radical (unpaired) electrons. The van der Waals surface area contributed by atoms with E-state index in [1.807, 2.05) is 0 Å². The van der Waals surface area contributed by atoms with E-state index in [1.165, 1.54) is 68.0 Å². The summed E-state index contributed by atoms with van der Waals surface area (Å²) in [5, 5.41) is 1.39. The Morgan fingerprint density at radius 3 is 2.09 bits per heavy atom. The van der Waals surface area contributed by atoms with E-state index in [9.17, 15) is 0 Å². The summed E-state index contributed by atoms with van der Waals surface area (Å²) in [7, 11) is 0. The van der Waals surface area contributed by atoms with Crippen LogP contribution in [0.1, 0.15) is 84.8 Å². The van der Waals surface area contributed by atoms with Gasteiger partial charge in [0.1, 0.15) is 0 Å². The number of para-hydroxylation sites is 1. The van der Waals surface area contributed by atoms with Crippen molar-refractivity contribution in [2.45, 2.75) is 91.0 Å². The predicted molar refractivity (Wildman–Crippen MR) is 103 cm³/mol. The number of aromatic nitrogens is 1. The zero-order valence-corrected chi connectivity index (χ0v) is 15.7. The molecule has 2 rings (SSSR count). The molecule has 0 atom stereocenters. The summed E-state index contributed by atoms with van der Waals surface area (Å²) in [5.74, 6) is 0. The van der Waals surface area contributed by atoms with Gasteiger partial charge in [0.05, 0.1) is 0 Å². The van der Waals surface area contributed by atoms with Gasteiger partial charge in [0.15, 0.2) is 0 Å². The summed E-state index contributed by atoms with van der Waals surface area (Å²) in [4.78, 5) is 0. The average molecular weight is 314 g/mol. The second kappa shape index (κ2) is 8.57. The third kappa shape index (κ3) is 5.12. The van der Waals surface area contributed by atoms with Gasteiger partial charge in [-0.3, -0.25) is 0 Å². The van der Waals surface area contributed by atoms with Crippen molar-refractivity contribution in [1.29, 1.82) is 0 Å². The zero-order valence-electron chi connectivity index (χ0n) is 15.7. The summed E-state index contributed by atoms with van der Waals surface area (Å²) in [6, 6.07) is 11.2. The maximum Gasteiger partial charge on any atom is 0.0482 e. The van der Waals surface area contributed by atoms with Crippen LogP contribution in [0, 0.1) is 0 Å². The van der Waals surface area contributed by atoms with Crippen molar-refractivity contribution in [2.24, 2.45) is 0 Å². The first-order chi connectivity index (χ1) is 11.0. The van der Waals surface area contributed by atoms with Crippen molar-refractivity contribution in [2.75, 3.05) is 0 Å². The Bertz CT molecular complexity index is 586. The molecule has 0 saturated heterocycles. The van der Waals surface area contributed by atoms with Crippen molar-refractivity contribution in [3.05, 3.63) is 36.0 Å². The molecule has 0 N–H and O–H groups in total. The van der Waals surface area contributed by atoms with Crippen LogP contribution in [0.3, 0.4) is 0 Å². The summed E-state index contributed by atoms with van der Waals surface area (Å²) in [6.45, 7) is 10.4. The van der Waals surface area contributed by atoms with E-state index < -0.39 is 0 Å². The van der Waals surface area contributed by atoms with Gasteiger partial charge in [0.2, 0.25) is 0 Å². The molecular formula is C22H35N. The fraction of sp³-hybridized carbons (Fsp3) is 0.636. The molecule has 0 amide bonds. The normalized spacial score (nSPS) is 12.2. The maximum atomic E-state index is 2.56. The highest BCUT2D eigenvalue weighted by molar-refractivity contribution is 5.81. The molecule has 0 bridgehead atoms. The van der Waals surface area contributed by atoms with Crippen molar-refractivity contribution in [1.82, 2.24) is 4.57 Å². The summed E-state index contributed by atoms with van der Waals surface area (Å²) >= 11 is 0. The van der Waals surface area contributed by atoms with E-state index in [2.05, 4.69) is 62.6 Å². The van der Waals surface area contributed by atoms with E-state index in [0.717, 1.165) is 6.54 Å². The highest BCUT2D eigenvalue weighted by atomic mass is 15.0. The van der Waals surface area contributed by atoms with Crippen LogP contribution in [0.4, 0.5) is 0 Å². The van der Waals surface area contributed by atoms with Gasteiger partial charge in [-0.2, -0.15) is 0 Å². The van der Waals surface area contributed by atoms with Crippen molar-refractivity contribution in [3.8, 4) is 0 Å². The van der Waals surface area contributed by atoms with Crippen LogP contribution in [0.25, 0.3) is 10.9 Å². The molecule has 0 unspecified atom stereocenters. The van der Waals surface area contributed by atoms with E-state index in [4.69, 9.17) is 0 Å². The highest BCUT2D eigenvalue weighted by Crippen LogP contribution is 2.30. The predicted octanol–water partition coefficient (Wildman–Crippen LogP) is 7.08. The quantitative estimate of drug-likeness (QED) is 0.436. The molecule has 2 aromatic rings. The molecule has 1 heterocycles. The van der Waals surface area contributed by atoms with Gasteiger partial charge in [-0.15, -0.1) is 0 Å². The first-order valence-corrected chi connectivity index (χ1v) is 9.63. The van der Waals surface area contributed by atoms with Crippen LogP contribution < -0.4 is 0 Å². The van der Waals surface area contributed by atoms with Crippen LogP contribution in [-0.4, -0.2) is 4.57 Å². The molecule has 0 aliphatic heterocycles. The highest BCUT2D eigenvalue weighted by Gasteiger charge is 2.20. The Morgan fingerprint density at radius 2 is 1.43 bits per heavy atom. The monoisotopic (exact) mass is 313 g/mol. The van der Waals surface area contributed by atoms with Crippen LogP contribution >= 0.6 is 0 Å². The zero-order chi connectivity index (χ0) is 16.7. The average Bonchev–Trinajstić information content (AvgIpc) is 2.89. The standard InChI is InChI=1S/C22H35N/c1-5-6-7-8-9-10-11-14-17-23-20-16-13-12-15-19(20)18-21(23)22(2,3)4/h12-13,15-16,18H,5-11,14,17H2,1-4H3. The molecule has 0 aliphatic rings. The Balaban J connectivity index is 1.91. The number of benzene rings is 1. The fourth-order valence-corrected chi connectivity index (χ4v) is 3.48. The van der Waals surface area contributed by atoms with Crippen LogP contribution in [0.15, 0.2) is 30.3 Å². The first-order valence-electron chi connectivity index (χ1n) is 9.63. The van der Waals surface area contributed by atoms with Gasteiger partial charge < -0.3 is 4.57 Å². The SMILES string of the molecule is CCCCCCCCCCn1c(C(C)(C)C)cc2ccccc21. The molecule has 0 spiro atoms. The minimum absolute atomic E-state index is 0.208. The largest absolute Gasteiger partial charge is 0.344 e. The Morgan fingerprint density at radius 1 is 0.826 bits per heavy atom. The lowest BCUT2D eigenvalue weighted by Crippen LogP contribution is -2.17. The van der Waals surface area contributed by atoms with Crippen molar-refractivity contribution >= 4 is 10.9 Å². The Kier molecular flexibility index (Phi) is 6.74. The van der Waals surface area contributed by atoms with Gasteiger partial charge in [-0.1, -0.05) is 90.8 Å². The first kappa shape index (κ1) is 18.1. The molecule has 0 fully saturated rings. The molecule has 128 valence electrons. The molecule has 0 saturated carbocycles. The lowest BCUT2D eigenvalue weighted by Gasteiger charge is -2.22. The number of unbranched alkanes of at least 4 members (excludes halogenated alkanes) is 7. The summed E-state index contributed by atoms with van der Waals surface area (Å²) < 4.78 is 2.56. The Hall–Kier alpha value is -1.24. The van der Waals surface area contributed by atoms with Gasteiger partial charge in [0.25, 0.3) is 0 Å². The molecular weight excluding hydrogens is 278 g/mol. The minimum Gasteiger partial charge on any atom is -0.344 e. The number of nitrogens with zero attached hydrogens (tertiary/aromatic N) is 1. The lowest BCUT2D eigenvalue weighted by molar-refractivity contribution is 0.497. The minimum atomic E-state index is 0.208. The number of hydrogen-bond donors (Lipinski definition) is 0. The fourth-order valence-electron chi connectivity index (χ4n) is 3.48. The molecule has 1 aromatic carbocycles. The third-order valence-electron chi connectivity index (χ3n) is 4.81. The number of hydrogen-bond acceptors (Lipinski definition) is 0. The van der Waals surface area contributed by atoms with Crippen molar-refractivity contribution < 1.29 is 0 Å². The number of fused-ring (bicyclic) bond motifs is 1. The second-order valence-corrected chi connectivity index (χ2v) is 7.96. The Labute approximate surface area is 143 Å². The van der Waals surface area contributed by atoms with Crippen molar-refractivity contribution in [3.63, 3.8) is 0 Å².